The van der Waals surface area contributed by atoms with Crippen LogP contribution in [0.25, 0.3) is 10.9 Å². The summed E-state index contributed by atoms with van der Waals surface area (Å²) < 4.78 is 89.1. The molecule has 0 bridgehead atoms. The summed E-state index contributed by atoms with van der Waals surface area (Å²) in [4.78, 5) is 2.46. The molecule has 5 rings (SSSR count). The zero-order chi connectivity index (χ0) is 31.3. The molecule has 3 aromatic rings. The number of fused-ring (bicyclic) bond motifs is 1. The Labute approximate surface area is 254 Å². The lowest BCUT2D eigenvalue weighted by molar-refractivity contribution is -0.140. The van der Waals surface area contributed by atoms with Crippen LogP contribution in [-0.2, 0) is 21.1 Å². The second kappa shape index (κ2) is 13.7. The Morgan fingerprint density at radius 3 is 2.48 bits per heavy atom. The number of morpholine rings is 1. The van der Waals surface area contributed by atoms with Crippen LogP contribution < -0.4 is 15.4 Å². The van der Waals surface area contributed by atoms with Crippen molar-refractivity contribution in [3.63, 3.8) is 0 Å². The second-order valence-electron chi connectivity index (χ2n) is 11.1. The molecular weight excluding hydrogens is 600 g/mol. The summed E-state index contributed by atoms with van der Waals surface area (Å²) in [7, 11) is -3.54. The summed E-state index contributed by atoms with van der Waals surface area (Å²) in [6, 6.07) is 11.7. The quantitative estimate of drug-likeness (QED) is 0.239. The van der Waals surface area contributed by atoms with Gasteiger partial charge in [0.15, 0.2) is 9.84 Å². The number of nitrogens with one attached hydrogen (secondary N) is 2. The number of benzene rings is 2. The van der Waals surface area contributed by atoms with E-state index in [1.807, 2.05) is 6.07 Å². The molecule has 1 saturated carbocycles. The van der Waals surface area contributed by atoms with E-state index in [0.29, 0.717) is 22.6 Å². The number of hydrogen-bond acceptors (Lipinski definition) is 7. The van der Waals surface area contributed by atoms with Crippen LogP contribution in [0.2, 0.25) is 0 Å². The lowest BCUT2D eigenvalue weighted by atomic mass is 9.89. The van der Waals surface area contributed by atoms with E-state index in [1.54, 1.807) is 18.2 Å². The first-order valence-electron chi connectivity index (χ1n) is 14.5. The van der Waals surface area contributed by atoms with Gasteiger partial charge in [-0.15, -0.1) is 0 Å². The van der Waals surface area contributed by atoms with E-state index >= 15 is 0 Å². The van der Waals surface area contributed by atoms with Crippen molar-refractivity contribution in [2.45, 2.75) is 55.4 Å². The smallest absolute Gasteiger partial charge is 0.406 e. The highest BCUT2D eigenvalue weighted by Gasteiger charge is 2.31. The number of sulfone groups is 1. The van der Waals surface area contributed by atoms with Gasteiger partial charge >= 0.3 is 6.18 Å². The Balaban J connectivity index is 1.33. The van der Waals surface area contributed by atoms with E-state index in [9.17, 15) is 26.0 Å². The first-order valence-corrected chi connectivity index (χ1v) is 16.4. The van der Waals surface area contributed by atoms with Crippen LogP contribution in [0.3, 0.4) is 0 Å². The Morgan fingerprint density at radius 2 is 1.80 bits per heavy atom. The molecule has 238 valence electrons. The van der Waals surface area contributed by atoms with Gasteiger partial charge < -0.3 is 24.7 Å². The molecule has 1 saturated heterocycles. The number of aromatic nitrogens is 1. The maximum Gasteiger partial charge on any atom is 0.406 e. The van der Waals surface area contributed by atoms with Gasteiger partial charge in [-0.1, -0.05) is 12.0 Å². The van der Waals surface area contributed by atoms with Crippen LogP contribution in [0, 0.1) is 11.8 Å². The number of anilines is 2. The third kappa shape index (κ3) is 7.97. The molecule has 0 unspecified atom stereocenters. The zero-order valence-corrected chi connectivity index (χ0v) is 25.2. The van der Waals surface area contributed by atoms with Crippen LogP contribution in [0.1, 0.15) is 31.4 Å². The molecule has 13 heteroatoms. The summed E-state index contributed by atoms with van der Waals surface area (Å²) in [5.74, 6) is 5.67. The lowest BCUT2D eigenvalue weighted by Crippen LogP contribution is -2.46. The van der Waals surface area contributed by atoms with Crippen LogP contribution >= 0.6 is 0 Å². The number of alkyl halides is 4. The SMILES string of the molecule is CS(=O)(=O)c1ccc(NCC#Cc2cc3c(N[C@H]4CC[C@H](N5CCOCC5)CC4)cccc3n2CC(F)(F)F)c(OCF)c1. The van der Waals surface area contributed by atoms with Crippen LogP contribution in [0.4, 0.5) is 28.9 Å². The lowest BCUT2D eigenvalue weighted by Gasteiger charge is -2.39. The molecule has 2 aromatic carbocycles. The largest absolute Gasteiger partial charge is 0.461 e. The molecule has 2 fully saturated rings. The normalized spacial score (nSPS) is 19.8. The fraction of sp³-hybridized carbons (Fsp3) is 0.484. The fourth-order valence-electron chi connectivity index (χ4n) is 5.94. The van der Waals surface area contributed by atoms with E-state index in [2.05, 4.69) is 27.4 Å². The van der Waals surface area contributed by atoms with E-state index in [4.69, 9.17) is 9.47 Å². The van der Waals surface area contributed by atoms with E-state index in [1.165, 1.54) is 22.8 Å². The molecular formula is C31H36F4N4O4S. The summed E-state index contributed by atoms with van der Waals surface area (Å²) >= 11 is 0. The van der Waals surface area contributed by atoms with Gasteiger partial charge in [-0.25, -0.2) is 12.8 Å². The van der Waals surface area contributed by atoms with Crippen molar-refractivity contribution >= 4 is 32.1 Å². The van der Waals surface area contributed by atoms with Crippen molar-refractivity contribution in [1.29, 1.82) is 0 Å². The molecule has 2 heterocycles. The predicted octanol–water partition coefficient (Wildman–Crippen LogP) is 5.43. The molecule has 0 radical (unpaired) electrons. The highest BCUT2D eigenvalue weighted by Crippen LogP contribution is 2.33. The van der Waals surface area contributed by atoms with Crippen molar-refractivity contribution in [3.8, 4) is 17.6 Å². The van der Waals surface area contributed by atoms with Crippen LogP contribution in [-0.4, -0.2) is 82.1 Å². The molecule has 44 heavy (non-hydrogen) atoms. The predicted molar refractivity (Wildman–Crippen MR) is 162 cm³/mol. The molecule has 0 spiro atoms. The van der Waals surface area contributed by atoms with E-state index in [0.717, 1.165) is 63.9 Å². The summed E-state index contributed by atoms with van der Waals surface area (Å²) in [5, 5.41) is 7.18. The second-order valence-corrected chi connectivity index (χ2v) is 13.1. The molecule has 0 atom stereocenters. The highest BCUT2D eigenvalue weighted by molar-refractivity contribution is 7.90. The molecule has 0 amide bonds. The minimum absolute atomic E-state index is 0.00803. The average Bonchev–Trinajstić information content (AvgIpc) is 3.33. The summed E-state index contributed by atoms with van der Waals surface area (Å²) in [5.41, 5.74) is 1.71. The van der Waals surface area contributed by atoms with Gasteiger partial charge in [-0.05, 0) is 61.9 Å². The minimum Gasteiger partial charge on any atom is -0.461 e. The molecule has 1 aromatic heterocycles. The molecule has 8 nitrogen and oxygen atoms in total. The van der Waals surface area contributed by atoms with E-state index in [-0.39, 0.29) is 28.9 Å². The van der Waals surface area contributed by atoms with Gasteiger partial charge in [0.1, 0.15) is 12.3 Å². The maximum absolute atomic E-state index is 13.6. The van der Waals surface area contributed by atoms with Crippen molar-refractivity contribution in [2.75, 3.05) is 56.6 Å². The van der Waals surface area contributed by atoms with E-state index < -0.39 is 29.4 Å². The van der Waals surface area contributed by atoms with Crippen LogP contribution in [0.5, 0.6) is 5.75 Å². The molecule has 2 aliphatic rings. The van der Waals surface area contributed by atoms with Gasteiger partial charge in [0.2, 0.25) is 6.86 Å². The summed E-state index contributed by atoms with van der Waals surface area (Å²) in [6.07, 6.45) is 0.627. The Morgan fingerprint density at radius 1 is 1.05 bits per heavy atom. The van der Waals surface area contributed by atoms with Crippen molar-refractivity contribution in [2.24, 2.45) is 0 Å². The van der Waals surface area contributed by atoms with Crippen molar-refractivity contribution < 1.29 is 35.5 Å². The highest BCUT2D eigenvalue weighted by atomic mass is 32.2. The summed E-state index contributed by atoms with van der Waals surface area (Å²) in [6.45, 7) is 1.07. The minimum atomic E-state index is -4.46. The first-order chi connectivity index (χ1) is 21.0. The van der Waals surface area contributed by atoms with Gasteiger partial charge in [0, 0.05) is 48.6 Å². The van der Waals surface area contributed by atoms with Gasteiger partial charge in [0.05, 0.1) is 41.6 Å². The Kier molecular flexibility index (Phi) is 9.92. The van der Waals surface area contributed by atoms with Gasteiger partial charge in [-0.3, -0.25) is 4.90 Å². The third-order valence-corrected chi connectivity index (χ3v) is 9.19. The Bertz CT molecular complexity index is 1620. The Hall–Kier alpha value is -3.47. The number of halogens is 4. The fourth-order valence-corrected chi connectivity index (χ4v) is 6.58. The third-order valence-electron chi connectivity index (χ3n) is 8.08. The molecule has 2 N–H and O–H groups in total. The number of rotatable bonds is 9. The van der Waals surface area contributed by atoms with Gasteiger partial charge in [-0.2, -0.15) is 13.2 Å². The van der Waals surface area contributed by atoms with Crippen molar-refractivity contribution in [3.05, 3.63) is 48.2 Å². The maximum atomic E-state index is 13.6. The average molecular weight is 637 g/mol. The molecule has 1 aliphatic carbocycles. The number of nitrogens with zero attached hydrogens (tertiary/aromatic N) is 2. The monoisotopic (exact) mass is 636 g/mol. The standard InChI is InChI=1S/C31H36F4N4O4S/c1-44(40,41)25-11-12-28(30(19-25)43-21-32)36-13-3-4-24-18-26-27(5-2-6-29(26)39(24)20-31(33,34)35)37-22-7-9-23(10-8-22)38-14-16-42-17-15-38/h2,5-6,11-12,18-19,22-23,36-37H,7-10,13-17,20-21H2,1H3/t22-,23-. The number of ether oxygens (including phenoxy) is 2. The first kappa shape index (κ1) is 31.9. The van der Waals surface area contributed by atoms with Gasteiger partial charge in [0.25, 0.3) is 0 Å². The zero-order valence-electron chi connectivity index (χ0n) is 24.4. The van der Waals surface area contributed by atoms with Crippen molar-refractivity contribution in [1.82, 2.24) is 9.47 Å². The number of hydrogen-bond donors (Lipinski definition) is 2. The van der Waals surface area contributed by atoms with Crippen LogP contribution in [0.15, 0.2) is 47.4 Å². The molecule has 1 aliphatic heterocycles. The topological polar surface area (TPSA) is 84.8 Å².